The number of benzene rings is 1. The third-order valence-corrected chi connectivity index (χ3v) is 2.43. The van der Waals surface area contributed by atoms with Crippen LogP contribution in [-0.2, 0) is 16.1 Å². The van der Waals surface area contributed by atoms with Gasteiger partial charge >= 0.3 is 5.97 Å². The van der Waals surface area contributed by atoms with Gasteiger partial charge < -0.3 is 16.2 Å². The van der Waals surface area contributed by atoms with Crippen LogP contribution in [0, 0.1) is 0 Å². The van der Waals surface area contributed by atoms with E-state index in [9.17, 15) is 4.79 Å². The molecule has 4 N–H and O–H groups in total. The fraction of sp³-hybridized carbons (Fsp3) is 0.417. The van der Waals surface area contributed by atoms with E-state index in [1.54, 1.807) is 0 Å². The summed E-state index contributed by atoms with van der Waals surface area (Å²) in [7, 11) is 0. The number of esters is 1. The molecule has 0 aliphatic heterocycles. The van der Waals surface area contributed by atoms with E-state index >= 15 is 0 Å². The van der Waals surface area contributed by atoms with Crippen LogP contribution in [0.25, 0.3) is 0 Å². The van der Waals surface area contributed by atoms with E-state index in [1.165, 1.54) is 0 Å². The molecule has 0 radical (unpaired) electrons. The number of rotatable bonds is 5. The Hall–Kier alpha value is -1.39. The summed E-state index contributed by atoms with van der Waals surface area (Å²) in [6.45, 7) is 2.12. The summed E-state index contributed by atoms with van der Waals surface area (Å²) < 4.78 is 5.07. The molecule has 0 amide bonds. The van der Waals surface area contributed by atoms with Crippen molar-refractivity contribution < 1.29 is 9.53 Å². The summed E-state index contributed by atoms with van der Waals surface area (Å²) in [5, 5.41) is 0. The van der Waals surface area contributed by atoms with Crippen LogP contribution < -0.4 is 11.5 Å². The second-order valence-corrected chi connectivity index (χ2v) is 3.69. The van der Waals surface area contributed by atoms with Crippen LogP contribution >= 0.6 is 0 Å². The molecule has 1 rings (SSSR count). The van der Waals surface area contributed by atoms with E-state index in [1.807, 2.05) is 37.3 Å². The third-order valence-electron chi connectivity index (χ3n) is 2.43. The first-order valence-corrected chi connectivity index (χ1v) is 5.37. The smallest absolute Gasteiger partial charge is 0.324 e. The van der Waals surface area contributed by atoms with Gasteiger partial charge in [-0.1, -0.05) is 37.3 Å². The minimum atomic E-state index is -0.742. The zero-order chi connectivity index (χ0) is 12.0. The minimum absolute atomic E-state index is 0.240. The van der Waals surface area contributed by atoms with Crippen LogP contribution in [0.5, 0.6) is 0 Å². The third kappa shape index (κ3) is 3.64. The fourth-order valence-corrected chi connectivity index (χ4v) is 1.25. The molecule has 2 unspecified atom stereocenters. The maximum absolute atomic E-state index is 11.5. The average Bonchev–Trinajstić information content (AvgIpc) is 2.35. The number of carbonyl (C=O) groups is 1. The lowest BCUT2D eigenvalue weighted by Crippen LogP contribution is -2.47. The maximum atomic E-state index is 11.5. The van der Waals surface area contributed by atoms with E-state index in [-0.39, 0.29) is 12.6 Å². The van der Waals surface area contributed by atoms with Crippen molar-refractivity contribution in [3.8, 4) is 0 Å². The molecule has 0 aliphatic rings. The Morgan fingerprint density at radius 2 is 1.94 bits per heavy atom. The highest BCUT2D eigenvalue weighted by Crippen LogP contribution is 2.03. The number of hydrogen-bond donors (Lipinski definition) is 2. The SMILES string of the molecule is CCC(N)C(N)C(=O)OCc1ccccc1. The Labute approximate surface area is 95.6 Å². The zero-order valence-corrected chi connectivity index (χ0v) is 9.43. The average molecular weight is 222 g/mol. The molecule has 0 spiro atoms. The van der Waals surface area contributed by atoms with Crippen molar-refractivity contribution in [2.45, 2.75) is 32.0 Å². The van der Waals surface area contributed by atoms with Crippen molar-refractivity contribution in [1.82, 2.24) is 0 Å². The van der Waals surface area contributed by atoms with Crippen molar-refractivity contribution in [3.05, 3.63) is 35.9 Å². The van der Waals surface area contributed by atoms with Gasteiger partial charge in [0, 0.05) is 6.04 Å². The van der Waals surface area contributed by atoms with Gasteiger partial charge in [0.2, 0.25) is 0 Å². The van der Waals surface area contributed by atoms with Gasteiger partial charge in [0.25, 0.3) is 0 Å². The molecule has 1 aromatic carbocycles. The van der Waals surface area contributed by atoms with Crippen molar-refractivity contribution in [2.75, 3.05) is 0 Å². The summed E-state index contributed by atoms with van der Waals surface area (Å²) in [6.07, 6.45) is 0.654. The van der Waals surface area contributed by atoms with Gasteiger partial charge in [0.15, 0.2) is 0 Å². The van der Waals surface area contributed by atoms with Crippen LogP contribution in [0.2, 0.25) is 0 Å². The molecule has 0 aromatic heterocycles. The monoisotopic (exact) mass is 222 g/mol. The normalized spacial score (nSPS) is 14.2. The van der Waals surface area contributed by atoms with Crippen LogP contribution in [-0.4, -0.2) is 18.1 Å². The zero-order valence-electron chi connectivity index (χ0n) is 9.43. The lowest BCUT2D eigenvalue weighted by molar-refractivity contribution is -0.147. The quantitative estimate of drug-likeness (QED) is 0.722. The van der Waals surface area contributed by atoms with Gasteiger partial charge in [0.1, 0.15) is 12.6 Å². The van der Waals surface area contributed by atoms with E-state index < -0.39 is 12.0 Å². The molecule has 88 valence electrons. The van der Waals surface area contributed by atoms with Crippen molar-refractivity contribution in [2.24, 2.45) is 11.5 Å². The molecule has 0 saturated carbocycles. The van der Waals surface area contributed by atoms with Gasteiger partial charge in [-0.05, 0) is 12.0 Å². The van der Waals surface area contributed by atoms with Crippen LogP contribution in [0.3, 0.4) is 0 Å². The molecule has 16 heavy (non-hydrogen) atoms. The van der Waals surface area contributed by atoms with Gasteiger partial charge in [-0.2, -0.15) is 0 Å². The summed E-state index contributed by atoms with van der Waals surface area (Å²) in [6, 6.07) is 8.38. The second-order valence-electron chi connectivity index (χ2n) is 3.69. The molecule has 0 aliphatic carbocycles. The number of carbonyl (C=O) groups excluding carboxylic acids is 1. The molecule has 0 fully saturated rings. The molecule has 4 nitrogen and oxygen atoms in total. The number of ether oxygens (including phenoxy) is 1. The van der Waals surface area contributed by atoms with Gasteiger partial charge in [-0.3, -0.25) is 4.79 Å². The number of hydrogen-bond acceptors (Lipinski definition) is 4. The molecule has 0 heterocycles. The molecule has 0 bridgehead atoms. The van der Waals surface area contributed by atoms with E-state index in [4.69, 9.17) is 16.2 Å². The van der Waals surface area contributed by atoms with E-state index in [0.29, 0.717) is 6.42 Å². The lowest BCUT2D eigenvalue weighted by Gasteiger charge is -2.16. The summed E-state index contributed by atoms with van der Waals surface area (Å²) in [4.78, 5) is 11.5. The molecule has 1 aromatic rings. The van der Waals surface area contributed by atoms with Gasteiger partial charge in [-0.25, -0.2) is 0 Å². The maximum Gasteiger partial charge on any atom is 0.324 e. The first kappa shape index (κ1) is 12.7. The van der Waals surface area contributed by atoms with Crippen LogP contribution in [0.1, 0.15) is 18.9 Å². The first-order chi connectivity index (χ1) is 7.65. The van der Waals surface area contributed by atoms with E-state index in [2.05, 4.69) is 0 Å². The molecule has 2 atom stereocenters. The Morgan fingerprint density at radius 3 is 2.50 bits per heavy atom. The summed E-state index contributed by atoms with van der Waals surface area (Å²) in [5.41, 5.74) is 12.2. The Bertz CT molecular complexity index is 327. The first-order valence-electron chi connectivity index (χ1n) is 5.37. The Morgan fingerprint density at radius 1 is 1.31 bits per heavy atom. The topological polar surface area (TPSA) is 78.3 Å². The van der Waals surface area contributed by atoms with Crippen LogP contribution in [0.4, 0.5) is 0 Å². The summed E-state index contributed by atoms with van der Waals surface area (Å²) in [5.74, 6) is -0.446. The number of nitrogens with two attached hydrogens (primary N) is 2. The Kier molecular flexibility index (Phi) is 4.95. The highest BCUT2D eigenvalue weighted by Gasteiger charge is 2.21. The fourth-order valence-electron chi connectivity index (χ4n) is 1.25. The largest absolute Gasteiger partial charge is 0.460 e. The van der Waals surface area contributed by atoms with E-state index in [0.717, 1.165) is 5.56 Å². The molecule has 4 heteroatoms. The predicted molar refractivity (Wildman–Crippen MR) is 62.5 cm³/mol. The van der Waals surface area contributed by atoms with Crippen molar-refractivity contribution in [1.29, 1.82) is 0 Å². The molecular weight excluding hydrogens is 204 g/mol. The molecule has 0 saturated heterocycles. The summed E-state index contributed by atoms with van der Waals surface area (Å²) >= 11 is 0. The predicted octanol–water partition coefficient (Wildman–Crippen LogP) is 0.794. The molecular formula is C12H18N2O2. The van der Waals surface area contributed by atoms with Crippen LogP contribution in [0.15, 0.2) is 30.3 Å². The minimum Gasteiger partial charge on any atom is -0.460 e. The van der Waals surface area contributed by atoms with Gasteiger partial charge in [-0.15, -0.1) is 0 Å². The Balaban J connectivity index is 2.41. The van der Waals surface area contributed by atoms with Crippen molar-refractivity contribution in [3.63, 3.8) is 0 Å². The lowest BCUT2D eigenvalue weighted by atomic mass is 10.1. The van der Waals surface area contributed by atoms with Gasteiger partial charge in [0.05, 0.1) is 0 Å². The highest BCUT2D eigenvalue weighted by atomic mass is 16.5. The highest BCUT2D eigenvalue weighted by molar-refractivity contribution is 5.76. The second kappa shape index (κ2) is 6.25. The van der Waals surface area contributed by atoms with Crippen molar-refractivity contribution >= 4 is 5.97 Å². The standard InChI is InChI=1S/C12H18N2O2/c1-2-10(13)11(14)12(15)16-8-9-6-4-3-5-7-9/h3-7,10-11H,2,8,13-14H2,1H3.